The number of rotatable bonds is 1. The summed E-state index contributed by atoms with van der Waals surface area (Å²) in [5.41, 5.74) is 10.5. The Labute approximate surface area is 130 Å². The summed E-state index contributed by atoms with van der Waals surface area (Å²) in [6, 6.07) is 8.73. The van der Waals surface area contributed by atoms with E-state index in [1.54, 1.807) is 0 Å². The molecule has 0 bridgehead atoms. The van der Waals surface area contributed by atoms with Gasteiger partial charge in [0.05, 0.1) is 11.2 Å². The van der Waals surface area contributed by atoms with Crippen molar-refractivity contribution in [1.29, 1.82) is 0 Å². The minimum Gasteiger partial charge on any atom is -0.319 e. The standard InChI is InChI=1S/C18H22N2S/c1-12-11-15-16(14-8-4-3-7-13(12)14)20-17(21-15)18(19)9-5-2-6-10-18/h3-4,7-8,12H,2,5-6,9-11,19H2,1H3. The zero-order valence-electron chi connectivity index (χ0n) is 12.6. The predicted molar refractivity (Wildman–Crippen MR) is 88.6 cm³/mol. The molecule has 1 fully saturated rings. The SMILES string of the molecule is CC1Cc2sc(C3(N)CCCCC3)nc2-c2ccccc21. The third-order valence-electron chi connectivity index (χ3n) is 5.11. The van der Waals surface area contributed by atoms with Gasteiger partial charge >= 0.3 is 0 Å². The van der Waals surface area contributed by atoms with E-state index in [1.165, 1.54) is 46.0 Å². The first-order chi connectivity index (χ1) is 10.2. The van der Waals surface area contributed by atoms with Gasteiger partial charge in [-0.05, 0) is 30.7 Å². The van der Waals surface area contributed by atoms with Gasteiger partial charge in [-0.3, -0.25) is 0 Å². The molecule has 2 aromatic rings. The van der Waals surface area contributed by atoms with Gasteiger partial charge in [0.25, 0.3) is 0 Å². The number of benzene rings is 1. The fourth-order valence-electron chi connectivity index (χ4n) is 3.84. The van der Waals surface area contributed by atoms with Gasteiger partial charge in [-0.15, -0.1) is 11.3 Å². The van der Waals surface area contributed by atoms with E-state index in [0.29, 0.717) is 5.92 Å². The molecule has 21 heavy (non-hydrogen) atoms. The molecule has 0 spiro atoms. The molecule has 1 unspecified atom stereocenters. The lowest BCUT2D eigenvalue weighted by atomic mass is 9.83. The maximum atomic E-state index is 6.69. The van der Waals surface area contributed by atoms with Crippen molar-refractivity contribution in [3.8, 4) is 11.3 Å². The van der Waals surface area contributed by atoms with Crippen LogP contribution in [0.15, 0.2) is 24.3 Å². The summed E-state index contributed by atoms with van der Waals surface area (Å²) >= 11 is 1.87. The normalized spacial score (nSPS) is 23.4. The Morgan fingerprint density at radius 3 is 2.76 bits per heavy atom. The Kier molecular flexibility index (Phi) is 3.16. The van der Waals surface area contributed by atoms with Crippen LogP contribution in [0.5, 0.6) is 0 Å². The maximum Gasteiger partial charge on any atom is 0.113 e. The second kappa shape index (κ2) is 4.92. The Morgan fingerprint density at radius 1 is 1.19 bits per heavy atom. The lowest BCUT2D eigenvalue weighted by Gasteiger charge is -2.31. The largest absolute Gasteiger partial charge is 0.319 e. The van der Waals surface area contributed by atoms with Crippen molar-refractivity contribution in [2.24, 2.45) is 5.73 Å². The van der Waals surface area contributed by atoms with Crippen LogP contribution in [-0.2, 0) is 12.0 Å². The van der Waals surface area contributed by atoms with Crippen molar-refractivity contribution >= 4 is 11.3 Å². The molecule has 1 heterocycles. The molecule has 2 aliphatic carbocycles. The molecule has 1 aromatic carbocycles. The topological polar surface area (TPSA) is 38.9 Å². The van der Waals surface area contributed by atoms with Crippen LogP contribution in [0.2, 0.25) is 0 Å². The highest BCUT2D eigenvalue weighted by atomic mass is 32.1. The smallest absolute Gasteiger partial charge is 0.113 e. The highest BCUT2D eigenvalue weighted by Crippen LogP contribution is 2.45. The lowest BCUT2D eigenvalue weighted by Crippen LogP contribution is -2.38. The van der Waals surface area contributed by atoms with Crippen LogP contribution in [-0.4, -0.2) is 4.98 Å². The van der Waals surface area contributed by atoms with Gasteiger partial charge in [0.1, 0.15) is 5.01 Å². The number of aromatic nitrogens is 1. The number of fused-ring (bicyclic) bond motifs is 3. The Balaban J connectivity index is 1.80. The molecule has 0 amide bonds. The minimum atomic E-state index is -0.168. The molecule has 1 atom stereocenters. The molecule has 0 aliphatic heterocycles. The van der Waals surface area contributed by atoms with Crippen LogP contribution >= 0.6 is 11.3 Å². The zero-order valence-corrected chi connectivity index (χ0v) is 13.4. The molecule has 3 heteroatoms. The summed E-state index contributed by atoms with van der Waals surface area (Å²) in [5.74, 6) is 0.585. The highest BCUT2D eigenvalue weighted by molar-refractivity contribution is 7.12. The lowest BCUT2D eigenvalue weighted by molar-refractivity contribution is 0.301. The van der Waals surface area contributed by atoms with Gasteiger partial charge in [-0.25, -0.2) is 4.98 Å². The van der Waals surface area contributed by atoms with Gasteiger partial charge in [0, 0.05) is 10.4 Å². The van der Waals surface area contributed by atoms with Crippen molar-refractivity contribution in [3.05, 3.63) is 39.7 Å². The van der Waals surface area contributed by atoms with Gasteiger partial charge in [-0.1, -0.05) is 50.5 Å². The number of hydrogen-bond acceptors (Lipinski definition) is 3. The molecule has 2 N–H and O–H groups in total. The van der Waals surface area contributed by atoms with Crippen molar-refractivity contribution < 1.29 is 0 Å². The monoisotopic (exact) mass is 298 g/mol. The van der Waals surface area contributed by atoms with E-state index < -0.39 is 0 Å². The zero-order chi connectivity index (χ0) is 14.4. The molecule has 2 aliphatic rings. The first kappa shape index (κ1) is 13.5. The third kappa shape index (κ3) is 2.14. The summed E-state index contributed by atoms with van der Waals surface area (Å²) in [7, 11) is 0. The first-order valence-electron chi connectivity index (χ1n) is 8.06. The average molecular weight is 298 g/mol. The van der Waals surface area contributed by atoms with E-state index in [4.69, 9.17) is 10.7 Å². The summed E-state index contributed by atoms with van der Waals surface area (Å²) in [6.45, 7) is 2.32. The summed E-state index contributed by atoms with van der Waals surface area (Å²) < 4.78 is 0. The van der Waals surface area contributed by atoms with Crippen LogP contribution in [0.4, 0.5) is 0 Å². The average Bonchev–Trinajstić information content (AvgIpc) is 2.93. The summed E-state index contributed by atoms with van der Waals surface area (Å²) in [4.78, 5) is 6.45. The second-order valence-corrected chi connectivity index (χ2v) is 7.78. The molecule has 2 nitrogen and oxygen atoms in total. The Morgan fingerprint density at radius 2 is 1.95 bits per heavy atom. The summed E-state index contributed by atoms with van der Waals surface area (Å²) in [5, 5.41) is 1.18. The van der Waals surface area contributed by atoms with E-state index in [2.05, 4.69) is 31.2 Å². The second-order valence-electron chi connectivity index (χ2n) is 6.70. The number of hydrogen-bond donors (Lipinski definition) is 1. The quantitative estimate of drug-likeness (QED) is 0.836. The molecule has 1 saturated carbocycles. The van der Waals surface area contributed by atoms with Crippen LogP contribution in [0.1, 0.15) is 60.4 Å². The first-order valence-corrected chi connectivity index (χ1v) is 8.87. The van der Waals surface area contributed by atoms with E-state index in [9.17, 15) is 0 Å². The Bertz CT molecular complexity index is 668. The van der Waals surface area contributed by atoms with Gasteiger partial charge in [0.2, 0.25) is 0 Å². The Hall–Kier alpha value is -1.19. The van der Waals surface area contributed by atoms with Crippen LogP contribution in [0.3, 0.4) is 0 Å². The van der Waals surface area contributed by atoms with Crippen LogP contribution < -0.4 is 5.73 Å². The van der Waals surface area contributed by atoms with Crippen LogP contribution in [0, 0.1) is 0 Å². The number of nitrogens with two attached hydrogens (primary N) is 1. The molecule has 0 saturated heterocycles. The molecule has 4 rings (SSSR count). The van der Waals surface area contributed by atoms with Gasteiger partial charge in [-0.2, -0.15) is 0 Å². The number of nitrogens with zero attached hydrogens (tertiary/aromatic N) is 1. The third-order valence-corrected chi connectivity index (χ3v) is 6.41. The minimum absolute atomic E-state index is 0.168. The maximum absolute atomic E-state index is 6.69. The molecule has 0 radical (unpaired) electrons. The van der Waals surface area contributed by atoms with Crippen LogP contribution in [0.25, 0.3) is 11.3 Å². The summed E-state index contributed by atoms with van der Waals surface area (Å²) in [6.07, 6.45) is 7.11. The highest BCUT2D eigenvalue weighted by Gasteiger charge is 2.35. The van der Waals surface area contributed by atoms with E-state index in [-0.39, 0.29) is 5.54 Å². The van der Waals surface area contributed by atoms with Crippen molar-refractivity contribution in [2.45, 2.75) is 56.9 Å². The molecule has 1 aromatic heterocycles. The fraction of sp³-hybridized carbons (Fsp3) is 0.500. The molecule has 110 valence electrons. The van der Waals surface area contributed by atoms with Crippen molar-refractivity contribution in [3.63, 3.8) is 0 Å². The van der Waals surface area contributed by atoms with E-state index in [1.807, 2.05) is 11.3 Å². The molecular weight excluding hydrogens is 276 g/mol. The van der Waals surface area contributed by atoms with E-state index >= 15 is 0 Å². The van der Waals surface area contributed by atoms with Crippen molar-refractivity contribution in [1.82, 2.24) is 4.98 Å². The van der Waals surface area contributed by atoms with Crippen molar-refractivity contribution in [2.75, 3.05) is 0 Å². The fourth-order valence-corrected chi connectivity index (χ4v) is 5.20. The van der Waals surface area contributed by atoms with Gasteiger partial charge < -0.3 is 5.73 Å². The van der Waals surface area contributed by atoms with E-state index in [0.717, 1.165) is 19.3 Å². The number of thiazole rings is 1. The molecular formula is C18H22N2S. The predicted octanol–water partition coefficient (Wildman–Crippen LogP) is 4.59. The van der Waals surface area contributed by atoms with Gasteiger partial charge in [0.15, 0.2) is 0 Å².